The topological polar surface area (TPSA) is 63.7 Å². The van der Waals surface area contributed by atoms with Gasteiger partial charge in [-0.05, 0) is 25.3 Å². The summed E-state index contributed by atoms with van der Waals surface area (Å²) in [6, 6.07) is 4.35. The van der Waals surface area contributed by atoms with Crippen molar-refractivity contribution in [1.82, 2.24) is 4.31 Å². The zero-order valence-electron chi connectivity index (χ0n) is 12.1. The number of nitrogens with zero attached hydrogens (tertiary/aromatic N) is 1. The lowest BCUT2D eigenvalue weighted by atomic mass is 10.2. The Morgan fingerprint density at radius 3 is 2.73 bits per heavy atom. The number of rotatable bonds is 4. The minimum atomic E-state index is -3.95. The number of carbonyl (C=O) groups is 1. The third-order valence-electron chi connectivity index (χ3n) is 3.04. The van der Waals surface area contributed by atoms with Crippen LogP contribution in [0.3, 0.4) is 0 Å². The first kappa shape index (κ1) is 17.5. The van der Waals surface area contributed by atoms with Crippen molar-refractivity contribution in [2.45, 2.75) is 11.8 Å². The Labute approximate surface area is 143 Å². The van der Waals surface area contributed by atoms with Gasteiger partial charge in [-0.25, -0.2) is 17.5 Å². The Kier molecular flexibility index (Phi) is 5.37. The predicted molar refractivity (Wildman–Crippen MR) is 90.5 cm³/mol. The number of halogens is 1. The molecule has 1 aromatic carbocycles. The fourth-order valence-electron chi connectivity index (χ4n) is 2.03. The summed E-state index contributed by atoms with van der Waals surface area (Å²) in [4.78, 5) is 12.6. The molecule has 5 nitrogen and oxygen atoms in total. The molecule has 1 aromatic rings. The number of hydrogen-bond acceptors (Lipinski definition) is 6. The Morgan fingerprint density at radius 1 is 1.45 bits per heavy atom. The number of methoxy groups -OCH3 is 1. The fourth-order valence-corrected chi connectivity index (χ4v) is 6.84. The average molecular weight is 380 g/mol. The van der Waals surface area contributed by atoms with E-state index in [0.717, 1.165) is 4.91 Å². The Morgan fingerprint density at radius 2 is 2.14 bits per heavy atom. The largest absolute Gasteiger partial charge is 0.465 e. The van der Waals surface area contributed by atoms with Crippen molar-refractivity contribution in [1.29, 1.82) is 0 Å². The van der Waals surface area contributed by atoms with Gasteiger partial charge in [-0.3, -0.25) is 0 Å². The van der Waals surface area contributed by atoms with Gasteiger partial charge in [0.05, 0.1) is 28.6 Å². The molecule has 0 aliphatic carbocycles. The molecule has 0 fully saturated rings. The third kappa shape index (κ3) is 2.97. The predicted octanol–water partition coefficient (Wildman–Crippen LogP) is 3.37. The highest BCUT2D eigenvalue weighted by atomic mass is 35.5. The van der Waals surface area contributed by atoms with E-state index in [1.54, 1.807) is 6.26 Å². The minimum absolute atomic E-state index is 0.00194. The summed E-state index contributed by atoms with van der Waals surface area (Å²) in [6.07, 6.45) is 1.81. The molecule has 1 aliphatic rings. The molecular formula is C13H14ClNO4S3. The van der Waals surface area contributed by atoms with Crippen LogP contribution in [0.2, 0.25) is 5.02 Å². The zero-order valence-corrected chi connectivity index (χ0v) is 15.3. The van der Waals surface area contributed by atoms with Crippen LogP contribution in [0, 0.1) is 0 Å². The lowest BCUT2D eigenvalue weighted by Gasteiger charge is -2.22. The van der Waals surface area contributed by atoms with E-state index in [2.05, 4.69) is 4.74 Å². The van der Waals surface area contributed by atoms with Gasteiger partial charge >= 0.3 is 5.97 Å². The summed E-state index contributed by atoms with van der Waals surface area (Å²) in [6.45, 7) is 1.86. The van der Waals surface area contributed by atoms with E-state index >= 15 is 0 Å². The molecule has 0 atom stereocenters. The maximum absolute atomic E-state index is 13.0. The summed E-state index contributed by atoms with van der Waals surface area (Å²) in [7, 11) is -2.75. The molecule has 0 radical (unpaired) electrons. The molecule has 0 unspecified atom stereocenters. The van der Waals surface area contributed by atoms with Crippen LogP contribution < -0.4 is 0 Å². The number of ether oxygens (including phenoxy) is 1. The van der Waals surface area contributed by atoms with E-state index in [0.29, 0.717) is 5.03 Å². The highest BCUT2D eigenvalue weighted by Gasteiger charge is 2.36. The molecule has 0 saturated carbocycles. The second-order valence-electron chi connectivity index (χ2n) is 4.30. The second kappa shape index (κ2) is 6.74. The van der Waals surface area contributed by atoms with Crippen molar-refractivity contribution in [3.8, 4) is 0 Å². The standard InChI is InChI=1S/C13H14ClNO4S3/c1-8-12(20-3)15(7-21-8)22(17,18)11-9(13(16)19-2)5-4-6-10(11)14/h4-6H,7H2,1-3H3. The SMILES string of the molecule is COC(=O)c1cccc(Cl)c1S(=O)(=O)N1CSC(C)=C1SC. The molecule has 0 amide bonds. The van der Waals surface area contributed by atoms with E-state index in [4.69, 9.17) is 11.6 Å². The van der Waals surface area contributed by atoms with Crippen molar-refractivity contribution >= 4 is 51.1 Å². The number of esters is 1. The van der Waals surface area contributed by atoms with Crippen LogP contribution >= 0.6 is 35.1 Å². The van der Waals surface area contributed by atoms with Crippen LogP contribution in [-0.2, 0) is 14.8 Å². The van der Waals surface area contributed by atoms with Crippen molar-refractivity contribution in [3.05, 3.63) is 38.7 Å². The first-order valence-corrected chi connectivity index (χ1v) is 10.1. The molecule has 1 aliphatic heterocycles. The fraction of sp³-hybridized carbons (Fsp3) is 0.308. The van der Waals surface area contributed by atoms with E-state index in [-0.39, 0.29) is 21.4 Å². The molecule has 0 spiro atoms. The van der Waals surface area contributed by atoms with Crippen LogP contribution in [0.5, 0.6) is 0 Å². The van der Waals surface area contributed by atoms with Gasteiger partial charge in [0, 0.05) is 4.91 Å². The molecule has 0 bridgehead atoms. The van der Waals surface area contributed by atoms with E-state index in [1.807, 2.05) is 6.92 Å². The first-order valence-electron chi connectivity index (χ1n) is 6.11. The number of carbonyl (C=O) groups excluding carboxylic acids is 1. The van der Waals surface area contributed by atoms with Crippen LogP contribution in [0.25, 0.3) is 0 Å². The molecule has 120 valence electrons. The average Bonchev–Trinajstić information content (AvgIpc) is 2.87. The monoisotopic (exact) mass is 379 g/mol. The summed E-state index contributed by atoms with van der Waals surface area (Å²) in [5.74, 6) is -0.477. The van der Waals surface area contributed by atoms with Crippen molar-refractivity contribution in [2.24, 2.45) is 0 Å². The normalized spacial score (nSPS) is 15.4. The Bertz CT molecular complexity index is 746. The summed E-state index contributed by atoms with van der Waals surface area (Å²) < 4.78 is 31.9. The Hall–Kier alpha value is -0.830. The van der Waals surface area contributed by atoms with Crippen LogP contribution in [0.15, 0.2) is 33.0 Å². The van der Waals surface area contributed by atoms with Gasteiger partial charge < -0.3 is 4.74 Å². The van der Waals surface area contributed by atoms with E-state index < -0.39 is 16.0 Å². The van der Waals surface area contributed by atoms with E-state index in [1.165, 1.54) is 53.1 Å². The molecule has 22 heavy (non-hydrogen) atoms. The van der Waals surface area contributed by atoms with Gasteiger partial charge in [0.25, 0.3) is 10.0 Å². The number of benzene rings is 1. The molecule has 0 aromatic heterocycles. The summed E-state index contributed by atoms with van der Waals surface area (Å²) in [5.41, 5.74) is -0.0648. The van der Waals surface area contributed by atoms with Crippen LogP contribution in [-0.4, -0.2) is 37.9 Å². The lowest BCUT2D eigenvalue weighted by molar-refractivity contribution is 0.0596. The first-order chi connectivity index (χ1) is 10.3. The van der Waals surface area contributed by atoms with Gasteiger partial charge in [0.1, 0.15) is 4.90 Å². The number of allylic oxidation sites excluding steroid dienone is 1. The smallest absolute Gasteiger partial charge is 0.339 e. The minimum Gasteiger partial charge on any atom is -0.465 e. The quantitative estimate of drug-likeness (QED) is 0.747. The molecule has 9 heteroatoms. The van der Waals surface area contributed by atoms with Crippen molar-refractivity contribution in [2.75, 3.05) is 19.2 Å². The number of sulfonamides is 1. The van der Waals surface area contributed by atoms with Crippen molar-refractivity contribution in [3.63, 3.8) is 0 Å². The Balaban J connectivity index is 2.63. The number of thioether (sulfide) groups is 2. The molecule has 0 saturated heterocycles. The van der Waals surface area contributed by atoms with Gasteiger partial charge in [0.2, 0.25) is 0 Å². The van der Waals surface area contributed by atoms with E-state index in [9.17, 15) is 13.2 Å². The van der Waals surface area contributed by atoms with Crippen molar-refractivity contribution < 1.29 is 17.9 Å². The summed E-state index contributed by atoms with van der Waals surface area (Å²) >= 11 is 8.85. The highest BCUT2D eigenvalue weighted by Crippen LogP contribution is 2.42. The van der Waals surface area contributed by atoms with Crippen LogP contribution in [0.1, 0.15) is 17.3 Å². The molecule has 1 heterocycles. The highest BCUT2D eigenvalue weighted by molar-refractivity contribution is 8.08. The maximum atomic E-state index is 13.0. The molecule has 0 N–H and O–H groups in total. The maximum Gasteiger partial charge on any atom is 0.339 e. The lowest BCUT2D eigenvalue weighted by Crippen LogP contribution is -2.28. The zero-order chi connectivity index (χ0) is 16.5. The molecule has 2 rings (SSSR count). The summed E-state index contributed by atoms with van der Waals surface area (Å²) in [5, 5.41) is 0.638. The van der Waals surface area contributed by atoms with Gasteiger partial charge in [-0.2, -0.15) is 0 Å². The van der Waals surface area contributed by atoms with Crippen LogP contribution in [0.4, 0.5) is 0 Å². The van der Waals surface area contributed by atoms with Gasteiger partial charge in [-0.1, -0.05) is 17.7 Å². The number of hydrogen-bond donors (Lipinski definition) is 0. The molecular weight excluding hydrogens is 366 g/mol. The van der Waals surface area contributed by atoms with Gasteiger partial charge in [0.15, 0.2) is 0 Å². The third-order valence-corrected chi connectivity index (χ3v) is 7.65. The van der Waals surface area contributed by atoms with Gasteiger partial charge in [-0.15, -0.1) is 23.5 Å². The second-order valence-corrected chi connectivity index (χ2v) is 8.46.